The first kappa shape index (κ1) is 15.4. The molecule has 1 amide bonds. The van der Waals surface area contributed by atoms with Gasteiger partial charge in [0.15, 0.2) is 0 Å². The number of hydrogen-bond acceptors (Lipinski definition) is 3. The van der Waals surface area contributed by atoms with Gasteiger partial charge in [-0.15, -0.1) is 0 Å². The predicted octanol–water partition coefficient (Wildman–Crippen LogP) is 1.44. The summed E-state index contributed by atoms with van der Waals surface area (Å²) >= 11 is 0. The second-order valence-electron chi connectivity index (χ2n) is 4.51. The molecule has 3 N–H and O–H groups in total. The van der Waals surface area contributed by atoms with Gasteiger partial charge in [-0.1, -0.05) is 13.8 Å². The van der Waals surface area contributed by atoms with Gasteiger partial charge in [0, 0.05) is 13.0 Å². The fraction of sp³-hybridized carbons (Fsp3) is 0.917. The highest BCUT2D eigenvalue weighted by molar-refractivity contribution is 5.84. The summed E-state index contributed by atoms with van der Waals surface area (Å²) in [6.45, 7) is 9.46. The molecule has 0 aromatic heterocycles. The highest BCUT2D eigenvalue weighted by Crippen LogP contribution is 2.14. The zero-order valence-electron chi connectivity index (χ0n) is 11.0. The second-order valence-corrected chi connectivity index (χ2v) is 4.51. The van der Waals surface area contributed by atoms with Crippen LogP contribution in [0.15, 0.2) is 0 Å². The molecule has 0 saturated heterocycles. The molecule has 0 bridgehead atoms. The van der Waals surface area contributed by atoms with E-state index in [1.54, 1.807) is 0 Å². The van der Waals surface area contributed by atoms with E-state index in [2.05, 4.69) is 19.2 Å². The van der Waals surface area contributed by atoms with Gasteiger partial charge in [-0.2, -0.15) is 0 Å². The van der Waals surface area contributed by atoms with Crippen LogP contribution in [-0.2, 0) is 9.53 Å². The van der Waals surface area contributed by atoms with Crippen molar-refractivity contribution in [3.05, 3.63) is 0 Å². The number of amides is 1. The number of ether oxygens (including phenoxy) is 1. The van der Waals surface area contributed by atoms with Crippen LogP contribution in [0, 0.1) is 0 Å². The predicted molar refractivity (Wildman–Crippen MR) is 66.2 cm³/mol. The van der Waals surface area contributed by atoms with Crippen molar-refractivity contribution in [1.29, 1.82) is 0 Å². The Morgan fingerprint density at radius 1 is 1.44 bits per heavy atom. The lowest BCUT2D eigenvalue weighted by atomic mass is 9.93. The summed E-state index contributed by atoms with van der Waals surface area (Å²) in [7, 11) is 0. The topological polar surface area (TPSA) is 64.3 Å². The Morgan fingerprint density at radius 3 is 2.50 bits per heavy atom. The van der Waals surface area contributed by atoms with E-state index in [0.717, 1.165) is 26.0 Å². The van der Waals surface area contributed by atoms with Crippen LogP contribution in [0.1, 0.15) is 47.0 Å². The number of nitrogens with one attached hydrogen (secondary N) is 1. The van der Waals surface area contributed by atoms with Gasteiger partial charge in [0.1, 0.15) is 0 Å². The van der Waals surface area contributed by atoms with Crippen LogP contribution in [-0.4, -0.2) is 30.7 Å². The number of rotatable bonds is 9. The maximum Gasteiger partial charge on any atom is 0.237 e. The Bertz CT molecular complexity index is 209. The lowest BCUT2D eigenvalue weighted by Crippen LogP contribution is -2.55. The fourth-order valence-electron chi connectivity index (χ4n) is 1.61. The van der Waals surface area contributed by atoms with Crippen molar-refractivity contribution >= 4 is 5.91 Å². The van der Waals surface area contributed by atoms with Crippen LogP contribution >= 0.6 is 0 Å². The van der Waals surface area contributed by atoms with Gasteiger partial charge in [-0.25, -0.2) is 0 Å². The van der Waals surface area contributed by atoms with Crippen LogP contribution in [0.5, 0.6) is 0 Å². The van der Waals surface area contributed by atoms with Gasteiger partial charge < -0.3 is 15.8 Å². The Kier molecular flexibility index (Phi) is 7.34. The molecule has 0 aromatic rings. The minimum absolute atomic E-state index is 0.0433. The SMILES string of the molecule is CCCNC(C)(CC(C)OCCC)C(N)=O. The molecule has 0 aliphatic rings. The quantitative estimate of drug-likeness (QED) is 0.630. The van der Waals surface area contributed by atoms with E-state index in [4.69, 9.17) is 10.5 Å². The first-order valence-corrected chi connectivity index (χ1v) is 6.12. The number of primary amides is 1. The van der Waals surface area contributed by atoms with E-state index in [1.165, 1.54) is 0 Å². The molecule has 0 aromatic carbocycles. The maximum absolute atomic E-state index is 11.4. The molecule has 2 unspecified atom stereocenters. The van der Waals surface area contributed by atoms with E-state index in [1.807, 2.05) is 13.8 Å². The molecule has 4 heteroatoms. The number of hydrogen-bond donors (Lipinski definition) is 2. The Hall–Kier alpha value is -0.610. The molecule has 0 heterocycles. The number of carbonyl (C=O) groups excluding carboxylic acids is 1. The molecule has 0 aliphatic heterocycles. The van der Waals surface area contributed by atoms with Gasteiger partial charge in [0.2, 0.25) is 5.91 Å². The summed E-state index contributed by atoms with van der Waals surface area (Å²) in [5.41, 5.74) is 4.77. The highest BCUT2D eigenvalue weighted by Gasteiger charge is 2.32. The lowest BCUT2D eigenvalue weighted by molar-refractivity contribution is -0.125. The normalized spacial score (nSPS) is 16.8. The van der Waals surface area contributed by atoms with Crippen molar-refractivity contribution in [3.8, 4) is 0 Å². The van der Waals surface area contributed by atoms with E-state index in [0.29, 0.717) is 6.42 Å². The molecular weight excluding hydrogens is 204 g/mol. The van der Waals surface area contributed by atoms with Crippen molar-refractivity contribution in [2.24, 2.45) is 5.73 Å². The summed E-state index contributed by atoms with van der Waals surface area (Å²) in [6, 6.07) is 0. The van der Waals surface area contributed by atoms with Gasteiger partial charge >= 0.3 is 0 Å². The van der Waals surface area contributed by atoms with Crippen LogP contribution in [0.4, 0.5) is 0 Å². The highest BCUT2D eigenvalue weighted by atomic mass is 16.5. The smallest absolute Gasteiger partial charge is 0.237 e. The van der Waals surface area contributed by atoms with Crippen LogP contribution in [0.3, 0.4) is 0 Å². The first-order chi connectivity index (χ1) is 7.46. The molecule has 0 fully saturated rings. The lowest BCUT2D eigenvalue weighted by Gasteiger charge is -2.30. The van der Waals surface area contributed by atoms with Crippen molar-refractivity contribution in [3.63, 3.8) is 0 Å². The van der Waals surface area contributed by atoms with Crippen molar-refractivity contribution in [2.45, 2.75) is 58.6 Å². The monoisotopic (exact) mass is 230 g/mol. The van der Waals surface area contributed by atoms with Crippen molar-refractivity contribution < 1.29 is 9.53 Å². The molecule has 4 nitrogen and oxygen atoms in total. The first-order valence-electron chi connectivity index (χ1n) is 6.12. The van der Waals surface area contributed by atoms with E-state index < -0.39 is 5.54 Å². The third-order valence-corrected chi connectivity index (χ3v) is 2.61. The van der Waals surface area contributed by atoms with Crippen LogP contribution < -0.4 is 11.1 Å². The maximum atomic E-state index is 11.4. The van der Waals surface area contributed by atoms with E-state index in [9.17, 15) is 4.79 Å². The zero-order valence-corrected chi connectivity index (χ0v) is 11.0. The second kappa shape index (κ2) is 7.63. The molecule has 0 radical (unpaired) electrons. The van der Waals surface area contributed by atoms with E-state index >= 15 is 0 Å². The Morgan fingerprint density at radius 2 is 2.06 bits per heavy atom. The van der Waals surface area contributed by atoms with Crippen molar-refractivity contribution in [2.75, 3.05) is 13.2 Å². The Balaban J connectivity index is 4.25. The largest absolute Gasteiger partial charge is 0.378 e. The summed E-state index contributed by atoms with van der Waals surface area (Å²) in [6.07, 6.45) is 2.62. The Labute approximate surface area is 98.9 Å². The van der Waals surface area contributed by atoms with Crippen LogP contribution in [0.25, 0.3) is 0 Å². The summed E-state index contributed by atoms with van der Waals surface area (Å²) < 4.78 is 5.57. The number of carbonyl (C=O) groups is 1. The molecule has 2 atom stereocenters. The molecule has 0 saturated carbocycles. The van der Waals surface area contributed by atoms with Gasteiger partial charge in [-0.3, -0.25) is 4.79 Å². The minimum atomic E-state index is -0.664. The third kappa shape index (κ3) is 5.47. The molecule has 0 spiro atoms. The standard InChI is InChI=1S/C12H26N2O2/c1-5-7-14-12(4,11(13)15)9-10(3)16-8-6-2/h10,14H,5-9H2,1-4H3,(H2,13,15). The van der Waals surface area contributed by atoms with Crippen molar-refractivity contribution in [1.82, 2.24) is 5.32 Å². The molecular formula is C12H26N2O2. The average Bonchev–Trinajstić information content (AvgIpc) is 2.23. The van der Waals surface area contributed by atoms with Crippen LogP contribution in [0.2, 0.25) is 0 Å². The summed E-state index contributed by atoms with van der Waals surface area (Å²) in [4.78, 5) is 11.4. The minimum Gasteiger partial charge on any atom is -0.378 e. The summed E-state index contributed by atoms with van der Waals surface area (Å²) in [5.74, 6) is -0.312. The number of nitrogens with two attached hydrogens (primary N) is 1. The van der Waals surface area contributed by atoms with E-state index in [-0.39, 0.29) is 12.0 Å². The average molecular weight is 230 g/mol. The van der Waals surface area contributed by atoms with Gasteiger partial charge in [-0.05, 0) is 33.2 Å². The molecule has 0 aliphatic carbocycles. The molecule has 96 valence electrons. The third-order valence-electron chi connectivity index (χ3n) is 2.61. The van der Waals surface area contributed by atoms with Gasteiger partial charge in [0.25, 0.3) is 0 Å². The molecule has 0 rings (SSSR count). The fourth-order valence-corrected chi connectivity index (χ4v) is 1.61. The zero-order chi connectivity index (χ0) is 12.6. The van der Waals surface area contributed by atoms with Gasteiger partial charge in [0.05, 0.1) is 11.6 Å². The summed E-state index contributed by atoms with van der Waals surface area (Å²) in [5, 5.41) is 3.20. The molecule has 16 heavy (non-hydrogen) atoms.